The number of amides is 1. The molecule has 90 valence electrons. The van der Waals surface area contributed by atoms with Gasteiger partial charge >= 0.3 is 0 Å². The second-order valence-electron chi connectivity index (χ2n) is 4.23. The number of hydrogen-bond acceptors (Lipinski definition) is 2. The molecule has 0 radical (unpaired) electrons. The minimum atomic E-state index is 0.149. The summed E-state index contributed by atoms with van der Waals surface area (Å²) in [6.45, 7) is 5.09. The van der Waals surface area contributed by atoms with E-state index in [2.05, 4.69) is 12.2 Å². The van der Waals surface area contributed by atoms with Crippen molar-refractivity contribution in [3.63, 3.8) is 0 Å². The fraction of sp³-hybridized carbons (Fsp3) is 0.917. The summed E-state index contributed by atoms with van der Waals surface area (Å²) in [7, 11) is 0. The molecule has 0 aliphatic heterocycles. The van der Waals surface area contributed by atoms with Crippen molar-refractivity contribution < 1.29 is 9.90 Å². The van der Waals surface area contributed by atoms with Gasteiger partial charge in [-0.05, 0) is 18.8 Å². The first-order chi connectivity index (χ1) is 7.20. The summed E-state index contributed by atoms with van der Waals surface area (Å²) in [4.78, 5) is 11.3. The topological polar surface area (TPSA) is 49.3 Å². The summed E-state index contributed by atoms with van der Waals surface area (Å²) < 4.78 is 0. The van der Waals surface area contributed by atoms with Gasteiger partial charge in [0.1, 0.15) is 0 Å². The van der Waals surface area contributed by atoms with E-state index >= 15 is 0 Å². The molecule has 15 heavy (non-hydrogen) atoms. The van der Waals surface area contributed by atoms with E-state index in [4.69, 9.17) is 5.11 Å². The number of carbonyl (C=O) groups excluding carboxylic acids is 1. The molecule has 1 unspecified atom stereocenters. The van der Waals surface area contributed by atoms with Gasteiger partial charge in [-0.2, -0.15) is 0 Å². The van der Waals surface area contributed by atoms with Crippen LogP contribution in [0.2, 0.25) is 0 Å². The summed E-state index contributed by atoms with van der Waals surface area (Å²) >= 11 is 0. The lowest BCUT2D eigenvalue weighted by Crippen LogP contribution is -2.28. The third-order valence-corrected chi connectivity index (χ3v) is 2.53. The molecule has 0 aliphatic carbocycles. The van der Waals surface area contributed by atoms with Crippen molar-refractivity contribution in [3.05, 3.63) is 0 Å². The van der Waals surface area contributed by atoms with Gasteiger partial charge in [0.2, 0.25) is 5.91 Å². The molecule has 0 saturated carbocycles. The Balaban J connectivity index is 3.32. The standard InChI is InChI=1S/C12H25NO2/c1-3-4-5-6-7-12(15)13-10-11(2)8-9-14/h11,14H,3-10H2,1-2H3,(H,13,15). The van der Waals surface area contributed by atoms with Crippen molar-refractivity contribution >= 4 is 5.91 Å². The molecule has 0 bridgehead atoms. The highest BCUT2D eigenvalue weighted by molar-refractivity contribution is 5.75. The molecular weight excluding hydrogens is 190 g/mol. The molecule has 0 rings (SSSR count). The van der Waals surface area contributed by atoms with E-state index < -0.39 is 0 Å². The summed E-state index contributed by atoms with van der Waals surface area (Å²) in [6.07, 6.45) is 5.97. The molecular formula is C12H25NO2. The summed E-state index contributed by atoms with van der Waals surface area (Å²) in [5, 5.41) is 11.6. The van der Waals surface area contributed by atoms with Gasteiger partial charge in [-0.3, -0.25) is 4.79 Å². The Bertz CT molecular complexity index is 160. The first-order valence-corrected chi connectivity index (χ1v) is 6.08. The summed E-state index contributed by atoms with van der Waals surface area (Å²) in [6, 6.07) is 0. The van der Waals surface area contributed by atoms with Gasteiger partial charge in [0.15, 0.2) is 0 Å². The van der Waals surface area contributed by atoms with Gasteiger partial charge in [0, 0.05) is 19.6 Å². The van der Waals surface area contributed by atoms with Crippen LogP contribution >= 0.6 is 0 Å². The molecule has 0 aliphatic rings. The van der Waals surface area contributed by atoms with Crippen LogP contribution in [0.15, 0.2) is 0 Å². The Hall–Kier alpha value is -0.570. The Morgan fingerprint density at radius 2 is 2.07 bits per heavy atom. The Morgan fingerprint density at radius 3 is 2.67 bits per heavy atom. The van der Waals surface area contributed by atoms with Crippen molar-refractivity contribution in [2.24, 2.45) is 5.92 Å². The zero-order chi connectivity index (χ0) is 11.5. The first kappa shape index (κ1) is 14.4. The van der Waals surface area contributed by atoms with E-state index in [0.29, 0.717) is 18.9 Å². The fourth-order valence-electron chi connectivity index (χ4n) is 1.41. The highest BCUT2D eigenvalue weighted by Crippen LogP contribution is 2.03. The number of nitrogens with one attached hydrogen (secondary N) is 1. The monoisotopic (exact) mass is 215 g/mol. The quantitative estimate of drug-likeness (QED) is 0.579. The predicted octanol–water partition coefficient (Wildman–Crippen LogP) is 2.09. The van der Waals surface area contributed by atoms with E-state index in [-0.39, 0.29) is 12.5 Å². The molecule has 0 fully saturated rings. The van der Waals surface area contributed by atoms with E-state index in [1.165, 1.54) is 12.8 Å². The van der Waals surface area contributed by atoms with Crippen LogP contribution in [0.5, 0.6) is 0 Å². The number of rotatable bonds is 9. The van der Waals surface area contributed by atoms with Gasteiger partial charge in [0.05, 0.1) is 0 Å². The van der Waals surface area contributed by atoms with E-state index in [0.717, 1.165) is 19.3 Å². The summed E-state index contributed by atoms with van der Waals surface area (Å²) in [5.74, 6) is 0.519. The van der Waals surface area contributed by atoms with Gasteiger partial charge in [-0.15, -0.1) is 0 Å². The number of unbranched alkanes of at least 4 members (excludes halogenated alkanes) is 3. The maximum absolute atomic E-state index is 11.3. The number of hydrogen-bond donors (Lipinski definition) is 2. The molecule has 0 aromatic rings. The van der Waals surface area contributed by atoms with Gasteiger partial charge < -0.3 is 10.4 Å². The molecule has 0 heterocycles. The summed E-state index contributed by atoms with van der Waals surface area (Å²) in [5.41, 5.74) is 0. The van der Waals surface area contributed by atoms with Crippen LogP contribution in [-0.4, -0.2) is 24.2 Å². The van der Waals surface area contributed by atoms with Crippen molar-refractivity contribution in [2.45, 2.75) is 52.4 Å². The predicted molar refractivity (Wildman–Crippen MR) is 62.6 cm³/mol. The Morgan fingerprint density at radius 1 is 1.33 bits per heavy atom. The lowest BCUT2D eigenvalue weighted by atomic mass is 10.1. The molecule has 1 amide bonds. The lowest BCUT2D eigenvalue weighted by Gasteiger charge is -2.10. The van der Waals surface area contributed by atoms with Crippen LogP contribution in [0.4, 0.5) is 0 Å². The average Bonchev–Trinajstić information content (AvgIpc) is 2.22. The highest BCUT2D eigenvalue weighted by atomic mass is 16.3. The Kier molecular flexibility index (Phi) is 9.59. The van der Waals surface area contributed by atoms with Crippen molar-refractivity contribution in [2.75, 3.05) is 13.2 Å². The zero-order valence-electron chi connectivity index (χ0n) is 10.1. The second-order valence-corrected chi connectivity index (χ2v) is 4.23. The molecule has 1 atom stereocenters. The number of aliphatic hydroxyl groups excluding tert-OH is 1. The van der Waals surface area contributed by atoms with Gasteiger partial charge in [-0.1, -0.05) is 33.1 Å². The molecule has 3 nitrogen and oxygen atoms in total. The maximum Gasteiger partial charge on any atom is 0.220 e. The fourth-order valence-corrected chi connectivity index (χ4v) is 1.41. The van der Waals surface area contributed by atoms with Crippen molar-refractivity contribution in [3.8, 4) is 0 Å². The average molecular weight is 215 g/mol. The normalized spacial score (nSPS) is 12.5. The van der Waals surface area contributed by atoms with Crippen LogP contribution in [0.25, 0.3) is 0 Å². The maximum atomic E-state index is 11.3. The van der Waals surface area contributed by atoms with Gasteiger partial charge in [0.25, 0.3) is 0 Å². The number of aliphatic hydroxyl groups is 1. The zero-order valence-corrected chi connectivity index (χ0v) is 10.1. The minimum Gasteiger partial charge on any atom is -0.396 e. The Labute approximate surface area is 93.3 Å². The van der Waals surface area contributed by atoms with Crippen LogP contribution < -0.4 is 5.32 Å². The molecule has 0 aromatic carbocycles. The molecule has 0 aromatic heterocycles. The minimum absolute atomic E-state index is 0.149. The van der Waals surface area contributed by atoms with Crippen molar-refractivity contribution in [1.82, 2.24) is 5.32 Å². The van der Waals surface area contributed by atoms with E-state index in [1.807, 2.05) is 6.92 Å². The third kappa shape index (κ3) is 9.73. The van der Waals surface area contributed by atoms with Crippen LogP contribution in [0, 0.1) is 5.92 Å². The number of carbonyl (C=O) groups is 1. The molecule has 0 saturated heterocycles. The van der Waals surface area contributed by atoms with Crippen molar-refractivity contribution in [1.29, 1.82) is 0 Å². The largest absolute Gasteiger partial charge is 0.396 e. The first-order valence-electron chi connectivity index (χ1n) is 6.08. The molecule has 0 spiro atoms. The second kappa shape index (κ2) is 9.97. The third-order valence-electron chi connectivity index (χ3n) is 2.53. The lowest BCUT2D eigenvalue weighted by molar-refractivity contribution is -0.121. The molecule has 2 N–H and O–H groups in total. The van der Waals surface area contributed by atoms with Crippen LogP contribution in [0.3, 0.4) is 0 Å². The highest BCUT2D eigenvalue weighted by Gasteiger charge is 2.04. The smallest absolute Gasteiger partial charge is 0.220 e. The van der Waals surface area contributed by atoms with E-state index in [1.54, 1.807) is 0 Å². The SMILES string of the molecule is CCCCCCC(=O)NCC(C)CCO. The van der Waals surface area contributed by atoms with E-state index in [9.17, 15) is 4.79 Å². The molecule has 3 heteroatoms. The van der Waals surface area contributed by atoms with Gasteiger partial charge in [-0.25, -0.2) is 0 Å². The van der Waals surface area contributed by atoms with Crippen LogP contribution in [0.1, 0.15) is 52.4 Å². The van der Waals surface area contributed by atoms with Crippen LogP contribution in [-0.2, 0) is 4.79 Å².